The van der Waals surface area contributed by atoms with E-state index in [0.717, 1.165) is 44.6 Å². The van der Waals surface area contributed by atoms with Crippen molar-refractivity contribution in [1.82, 2.24) is 14.8 Å². The molecule has 1 aromatic rings. The van der Waals surface area contributed by atoms with Crippen molar-refractivity contribution >= 4 is 5.91 Å². The van der Waals surface area contributed by atoms with Crippen LogP contribution in [0.5, 0.6) is 0 Å². The van der Waals surface area contributed by atoms with E-state index in [1.165, 1.54) is 0 Å². The number of likely N-dealkylation sites (tertiary alicyclic amines) is 1. The van der Waals surface area contributed by atoms with Crippen molar-refractivity contribution < 1.29 is 14.3 Å². The number of hydrogen-bond donors (Lipinski definition) is 1. The Morgan fingerprint density at radius 1 is 1.29 bits per heavy atom. The third kappa shape index (κ3) is 4.02. The van der Waals surface area contributed by atoms with Gasteiger partial charge in [-0.3, -0.25) is 9.59 Å². The van der Waals surface area contributed by atoms with Crippen LogP contribution in [0.2, 0.25) is 0 Å². The Morgan fingerprint density at radius 3 is 2.89 bits per heavy atom. The van der Waals surface area contributed by atoms with E-state index in [2.05, 4.69) is 16.3 Å². The number of rotatable bonds is 6. The highest BCUT2D eigenvalue weighted by atomic mass is 16.5. The Kier molecular flexibility index (Phi) is 6.13. The molecular weight excluding hydrogens is 358 g/mol. The number of piperidine rings is 1. The molecule has 3 aliphatic heterocycles. The normalized spacial score (nSPS) is 28.0. The van der Waals surface area contributed by atoms with E-state index in [1.54, 1.807) is 13.2 Å². The number of ether oxygens (including phenoxy) is 2. The number of nitrogens with one attached hydrogen (secondary N) is 1. The van der Waals surface area contributed by atoms with Gasteiger partial charge >= 0.3 is 0 Å². The van der Waals surface area contributed by atoms with Gasteiger partial charge in [-0.1, -0.05) is 6.07 Å². The fraction of sp³-hybridized carbons (Fsp3) is 0.714. The van der Waals surface area contributed by atoms with E-state index < -0.39 is 0 Å². The van der Waals surface area contributed by atoms with Crippen LogP contribution < -0.4 is 10.9 Å². The Labute approximate surface area is 166 Å². The summed E-state index contributed by atoms with van der Waals surface area (Å²) in [5, 5.41) is 3.15. The van der Waals surface area contributed by atoms with Crippen molar-refractivity contribution in [3.05, 3.63) is 34.2 Å². The average molecular weight is 389 g/mol. The van der Waals surface area contributed by atoms with E-state index in [4.69, 9.17) is 9.47 Å². The van der Waals surface area contributed by atoms with Gasteiger partial charge in [0.1, 0.15) is 0 Å². The second kappa shape index (κ2) is 8.76. The number of amides is 1. The van der Waals surface area contributed by atoms with Crippen LogP contribution in [0, 0.1) is 11.8 Å². The molecule has 3 aliphatic rings. The van der Waals surface area contributed by atoms with Crippen molar-refractivity contribution in [3.63, 3.8) is 0 Å². The smallest absolute Gasteiger partial charge is 0.251 e. The molecule has 28 heavy (non-hydrogen) atoms. The molecule has 2 saturated heterocycles. The minimum atomic E-state index is 0.00841. The van der Waals surface area contributed by atoms with Crippen LogP contribution >= 0.6 is 0 Å². The molecule has 7 nitrogen and oxygen atoms in total. The molecule has 1 aromatic heterocycles. The van der Waals surface area contributed by atoms with Gasteiger partial charge in [0.15, 0.2) is 0 Å². The number of nitrogens with zero attached hydrogens (tertiary/aromatic N) is 2. The number of hydrogen-bond acceptors (Lipinski definition) is 5. The third-order valence-corrected chi connectivity index (χ3v) is 6.56. The molecule has 4 heterocycles. The van der Waals surface area contributed by atoms with Crippen molar-refractivity contribution in [2.24, 2.45) is 11.8 Å². The third-order valence-electron chi connectivity index (χ3n) is 6.56. The minimum absolute atomic E-state index is 0.00841. The van der Waals surface area contributed by atoms with Gasteiger partial charge in [-0.05, 0) is 31.2 Å². The lowest BCUT2D eigenvalue weighted by molar-refractivity contribution is -0.128. The first kappa shape index (κ1) is 19.6. The Balaban J connectivity index is 1.52. The first-order valence-electron chi connectivity index (χ1n) is 10.5. The summed E-state index contributed by atoms with van der Waals surface area (Å²) >= 11 is 0. The first-order chi connectivity index (χ1) is 13.7. The number of carbonyl (C=O) groups is 1. The maximum absolute atomic E-state index is 12.7. The van der Waals surface area contributed by atoms with Gasteiger partial charge in [-0.25, -0.2) is 0 Å². The lowest BCUT2D eigenvalue weighted by atomic mass is 9.78. The summed E-state index contributed by atoms with van der Waals surface area (Å²) in [4.78, 5) is 27.8. The second-order valence-corrected chi connectivity index (χ2v) is 8.30. The van der Waals surface area contributed by atoms with Gasteiger partial charge in [-0.15, -0.1) is 0 Å². The summed E-state index contributed by atoms with van der Waals surface area (Å²) in [6.07, 6.45) is 2.64. The zero-order valence-corrected chi connectivity index (χ0v) is 16.6. The predicted molar refractivity (Wildman–Crippen MR) is 105 cm³/mol. The highest BCUT2D eigenvalue weighted by Crippen LogP contribution is 2.40. The lowest BCUT2D eigenvalue weighted by Gasteiger charge is -2.47. The number of methoxy groups -OCH3 is 1. The number of pyridine rings is 1. The molecule has 0 unspecified atom stereocenters. The van der Waals surface area contributed by atoms with E-state index in [0.29, 0.717) is 38.2 Å². The van der Waals surface area contributed by atoms with E-state index in [1.807, 2.05) is 10.6 Å². The molecule has 2 fully saturated rings. The van der Waals surface area contributed by atoms with Gasteiger partial charge in [0.25, 0.3) is 5.56 Å². The molecule has 1 N–H and O–H groups in total. The van der Waals surface area contributed by atoms with E-state index in [9.17, 15) is 9.59 Å². The van der Waals surface area contributed by atoms with Gasteiger partial charge in [0.2, 0.25) is 5.91 Å². The van der Waals surface area contributed by atoms with Crippen LogP contribution in [0.15, 0.2) is 23.0 Å². The van der Waals surface area contributed by atoms with Gasteiger partial charge in [-0.2, -0.15) is 0 Å². The summed E-state index contributed by atoms with van der Waals surface area (Å²) in [6.45, 7) is 5.35. The van der Waals surface area contributed by atoms with E-state index >= 15 is 0 Å². The monoisotopic (exact) mass is 389 g/mol. The fourth-order valence-corrected chi connectivity index (χ4v) is 5.11. The molecule has 3 atom stereocenters. The van der Waals surface area contributed by atoms with Crippen LogP contribution in [0.1, 0.15) is 36.9 Å². The molecule has 2 bridgehead atoms. The van der Waals surface area contributed by atoms with Crippen molar-refractivity contribution in [2.75, 3.05) is 53.1 Å². The number of carbonyl (C=O) groups excluding carboxylic acids is 1. The van der Waals surface area contributed by atoms with Crippen LogP contribution in [0.25, 0.3) is 0 Å². The zero-order chi connectivity index (χ0) is 19.5. The molecule has 154 valence electrons. The molecule has 1 amide bonds. The quantitative estimate of drug-likeness (QED) is 0.786. The highest BCUT2D eigenvalue weighted by Gasteiger charge is 2.40. The molecule has 0 spiro atoms. The van der Waals surface area contributed by atoms with Gasteiger partial charge in [0, 0.05) is 70.1 Å². The summed E-state index contributed by atoms with van der Waals surface area (Å²) in [5.74, 6) is 0.856. The summed E-state index contributed by atoms with van der Waals surface area (Å²) < 4.78 is 12.6. The summed E-state index contributed by atoms with van der Waals surface area (Å²) in [7, 11) is 1.73. The summed E-state index contributed by atoms with van der Waals surface area (Å²) in [6, 6.07) is 5.59. The van der Waals surface area contributed by atoms with E-state index in [-0.39, 0.29) is 23.4 Å². The maximum atomic E-state index is 12.7. The van der Waals surface area contributed by atoms with Crippen LogP contribution in [0.4, 0.5) is 0 Å². The SMILES string of the molecule is COCCN1C[C@H]2C[C@@H](C1)[C@H](CNC(=O)C1CCOCC1)n1c2cccc1=O. The van der Waals surface area contributed by atoms with Crippen molar-refractivity contribution in [1.29, 1.82) is 0 Å². The Bertz CT molecular complexity index is 743. The van der Waals surface area contributed by atoms with Crippen LogP contribution in [-0.4, -0.2) is 68.5 Å². The summed E-state index contributed by atoms with van der Waals surface area (Å²) in [5.41, 5.74) is 1.15. The Morgan fingerprint density at radius 2 is 2.11 bits per heavy atom. The molecule has 0 aromatic carbocycles. The second-order valence-electron chi connectivity index (χ2n) is 8.30. The maximum Gasteiger partial charge on any atom is 0.251 e. The zero-order valence-electron chi connectivity index (χ0n) is 16.6. The van der Waals surface area contributed by atoms with Crippen molar-refractivity contribution in [2.45, 2.75) is 31.2 Å². The van der Waals surface area contributed by atoms with Gasteiger partial charge in [0.05, 0.1) is 12.6 Å². The fourth-order valence-electron chi connectivity index (χ4n) is 5.11. The standard InChI is InChI=1S/C21H31N3O4/c1-27-10-7-23-13-16-11-17(14-23)19(24-18(16)3-2-4-20(24)25)12-22-21(26)15-5-8-28-9-6-15/h2-4,15-17,19H,5-14H2,1H3,(H,22,26)/t16-,17+,19+/m1/s1. The number of fused-ring (bicyclic) bond motifs is 4. The highest BCUT2D eigenvalue weighted by molar-refractivity contribution is 5.78. The predicted octanol–water partition coefficient (Wildman–Crippen LogP) is 0.998. The number of aromatic nitrogens is 1. The average Bonchev–Trinajstić information content (AvgIpc) is 2.73. The van der Waals surface area contributed by atoms with Crippen LogP contribution in [-0.2, 0) is 14.3 Å². The van der Waals surface area contributed by atoms with Gasteiger partial charge < -0.3 is 24.3 Å². The molecule has 0 aliphatic carbocycles. The van der Waals surface area contributed by atoms with Crippen LogP contribution in [0.3, 0.4) is 0 Å². The first-order valence-corrected chi connectivity index (χ1v) is 10.5. The molecule has 0 saturated carbocycles. The lowest BCUT2D eigenvalue weighted by Crippen LogP contribution is -2.52. The molecular formula is C21H31N3O4. The molecule has 4 rings (SSSR count). The molecule has 7 heteroatoms. The Hall–Kier alpha value is -1.70. The largest absolute Gasteiger partial charge is 0.383 e. The topological polar surface area (TPSA) is 72.8 Å². The van der Waals surface area contributed by atoms with Crippen molar-refractivity contribution in [3.8, 4) is 0 Å². The minimum Gasteiger partial charge on any atom is -0.383 e. The molecule has 0 radical (unpaired) electrons.